The zero-order valence-corrected chi connectivity index (χ0v) is 21.1. The second-order valence-corrected chi connectivity index (χ2v) is 10.0. The van der Waals surface area contributed by atoms with Crippen LogP contribution in [0.5, 0.6) is 11.5 Å². The van der Waals surface area contributed by atoms with Crippen molar-refractivity contribution >= 4 is 23.4 Å². The normalized spacial score (nSPS) is 12.3. The van der Waals surface area contributed by atoms with Crippen molar-refractivity contribution in [1.82, 2.24) is 14.8 Å². The van der Waals surface area contributed by atoms with Gasteiger partial charge in [0.2, 0.25) is 5.91 Å². The van der Waals surface area contributed by atoms with Gasteiger partial charge in [-0.3, -0.25) is 4.79 Å². The summed E-state index contributed by atoms with van der Waals surface area (Å²) < 4.78 is 12.6. The lowest BCUT2D eigenvalue weighted by Gasteiger charge is -2.19. The molecule has 176 valence electrons. The molecule has 8 heteroatoms. The lowest BCUT2D eigenvalue weighted by Crippen LogP contribution is -2.23. The molecule has 0 spiro atoms. The molecule has 1 aromatic heterocycles. The van der Waals surface area contributed by atoms with Crippen LogP contribution in [0.25, 0.3) is 11.4 Å². The fourth-order valence-corrected chi connectivity index (χ4v) is 4.24. The van der Waals surface area contributed by atoms with E-state index in [9.17, 15) is 4.79 Å². The monoisotopic (exact) mass is 468 g/mol. The van der Waals surface area contributed by atoms with Crippen LogP contribution in [0.4, 0.5) is 5.69 Å². The summed E-state index contributed by atoms with van der Waals surface area (Å²) in [5, 5.41) is 12.0. The number of anilines is 1. The highest BCUT2D eigenvalue weighted by molar-refractivity contribution is 8.00. The fraction of sp³-hybridized carbons (Fsp3) is 0.400. The van der Waals surface area contributed by atoms with E-state index < -0.39 is 0 Å². The molecule has 1 N–H and O–H groups in total. The Kier molecular flexibility index (Phi) is 7.68. The lowest BCUT2D eigenvalue weighted by atomic mass is 9.87. The largest absolute Gasteiger partial charge is 0.497 e. The molecule has 0 aliphatic carbocycles. The second-order valence-electron chi connectivity index (χ2n) is 8.73. The predicted molar refractivity (Wildman–Crippen MR) is 133 cm³/mol. The van der Waals surface area contributed by atoms with Crippen LogP contribution in [0.2, 0.25) is 0 Å². The van der Waals surface area contributed by atoms with Crippen LogP contribution in [-0.2, 0) is 16.8 Å². The number of thioether (sulfide) groups is 1. The predicted octanol–water partition coefficient (Wildman–Crippen LogP) is 5.40. The summed E-state index contributed by atoms with van der Waals surface area (Å²) in [6.45, 7) is 11.2. The third-order valence-corrected chi connectivity index (χ3v) is 6.39. The number of nitrogens with one attached hydrogen (secondary N) is 1. The summed E-state index contributed by atoms with van der Waals surface area (Å²) in [6.07, 6.45) is 0. The third kappa shape index (κ3) is 5.87. The van der Waals surface area contributed by atoms with Gasteiger partial charge in [0, 0.05) is 36.0 Å². The van der Waals surface area contributed by atoms with Crippen LogP contribution in [0.3, 0.4) is 0 Å². The molecular formula is C25H32N4O3S. The Bertz CT molecular complexity index is 1080. The zero-order valence-electron chi connectivity index (χ0n) is 20.3. The van der Waals surface area contributed by atoms with E-state index in [0.29, 0.717) is 28.9 Å². The maximum absolute atomic E-state index is 12.9. The van der Waals surface area contributed by atoms with Crippen molar-refractivity contribution in [3.05, 3.63) is 48.0 Å². The van der Waals surface area contributed by atoms with Gasteiger partial charge in [0.25, 0.3) is 0 Å². The van der Waals surface area contributed by atoms with E-state index in [0.717, 1.165) is 11.4 Å². The first-order valence-corrected chi connectivity index (χ1v) is 11.8. The minimum Gasteiger partial charge on any atom is -0.497 e. The van der Waals surface area contributed by atoms with Gasteiger partial charge < -0.3 is 19.4 Å². The van der Waals surface area contributed by atoms with E-state index in [4.69, 9.17) is 9.47 Å². The van der Waals surface area contributed by atoms with Crippen LogP contribution < -0.4 is 14.8 Å². The van der Waals surface area contributed by atoms with E-state index in [1.54, 1.807) is 32.4 Å². The number of carbonyl (C=O) groups is 1. The molecule has 1 unspecified atom stereocenters. The van der Waals surface area contributed by atoms with Gasteiger partial charge in [0.1, 0.15) is 11.5 Å². The molecule has 0 bridgehead atoms. The van der Waals surface area contributed by atoms with E-state index in [-0.39, 0.29) is 16.6 Å². The van der Waals surface area contributed by atoms with E-state index in [1.165, 1.54) is 17.3 Å². The van der Waals surface area contributed by atoms with Gasteiger partial charge >= 0.3 is 0 Å². The quantitative estimate of drug-likeness (QED) is 0.446. The maximum atomic E-state index is 12.9. The van der Waals surface area contributed by atoms with Crippen LogP contribution in [-0.4, -0.2) is 40.1 Å². The molecule has 0 saturated carbocycles. The minimum absolute atomic E-state index is 0.0908. The van der Waals surface area contributed by atoms with Crippen molar-refractivity contribution in [3.8, 4) is 22.9 Å². The number of ether oxygens (including phenoxy) is 2. The number of methoxy groups -OCH3 is 2. The smallest absolute Gasteiger partial charge is 0.237 e. The Morgan fingerprint density at radius 2 is 1.67 bits per heavy atom. The number of hydrogen-bond donors (Lipinski definition) is 1. The van der Waals surface area contributed by atoms with Gasteiger partial charge in [0.05, 0.1) is 19.5 Å². The van der Waals surface area contributed by atoms with Crippen LogP contribution in [0.1, 0.15) is 40.2 Å². The number of nitrogens with zero attached hydrogens (tertiary/aromatic N) is 3. The SMILES string of the molecule is CCn1c(SC(C)C(=O)Nc2cc(OC)cc(OC)c2)nnc1-c1ccc(C(C)(C)C)cc1. The molecule has 0 aliphatic heterocycles. The molecule has 7 nitrogen and oxygen atoms in total. The van der Waals surface area contributed by atoms with Crippen molar-refractivity contribution < 1.29 is 14.3 Å². The Balaban J connectivity index is 1.76. The standard InChI is InChI=1S/C25H32N4O3S/c1-8-29-22(17-9-11-18(12-10-17)25(3,4)5)27-28-24(29)33-16(2)23(30)26-19-13-20(31-6)15-21(14-19)32-7/h9-16H,8H2,1-7H3,(H,26,30). The molecule has 1 atom stereocenters. The number of hydrogen-bond acceptors (Lipinski definition) is 6. The van der Waals surface area contributed by atoms with Crippen molar-refractivity contribution in [2.45, 2.75) is 57.0 Å². The highest BCUT2D eigenvalue weighted by Gasteiger charge is 2.21. The molecule has 1 heterocycles. The summed E-state index contributed by atoms with van der Waals surface area (Å²) in [5.74, 6) is 1.87. The summed E-state index contributed by atoms with van der Waals surface area (Å²) in [5.41, 5.74) is 2.97. The van der Waals surface area contributed by atoms with Crippen molar-refractivity contribution in [1.29, 1.82) is 0 Å². The minimum atomic E-state index is -0.382. The molecule has 3 aromatic rings. The second kappa shape index (κ2) is 10.3. The Morgan fingerprint density at radius 3 is 2.18 bits per heavy atom. The highest BCUT2D eigenvalue weighted by Crippen LogP contribution is 2.30. The van der Waals surface area contributed by atoms with Gasteiger partial charge in [-0.05, 0) is 24.8 Å². The number of aromatic nitrogens is 3. The first-order valence-electron chi connectivity index (χ1n) is 10.9. The van der Waals surface area contributed by atoms with Crippen molar-refractivity contribution in [2.75, 3.05) is 19.5 Å². The van der Waals surface area contributed by atoms with Crippen molar-refractivity contribution in [2.24, 2.45) is 0 Å². The summed E-state index contributed by atoms with van der Waals surface area (Å²) in [6, 6.07) is 13.7. The molecule has 0 aliphatic rings. The van der Waals surface area contributed by atoms with Crippen LogP contribution in [0.15, 0.2) is 47.6 Å². The molecule has 2 aromatic carbocycles. The summed E-state index contributed by atoms with van der Waals surface area (Å²) >= 11 is 1.38. The van der Waals surface area contributed by atoms with Gasteiger partial charge in [-0.1, -0.05) is 56.8 Å². The van der Waals surface area contributed by atoms with Crippen molar-refractivity contribution in [3.63, 3.8) is 0 Å². The van der Waals surface area contributed by atoms with E-state index >= 15 is 0 Å². The van der Waals surface area contributed by atoms with Crippen LogP contribution >= 0.6 is 11.8 Å². The Morgan fingerprint density at radius 1 is 1.06 bits per heavy atom. The summed E-state index contributed by atoms with van der Waals surface area (Å²) in [4.78, 5) is 12.9. The lowest BCUT2D eigenvalue weighted by molar-refractivity contribution is -0.115. The molecule has 3 rings (SSSR count). The maximum Gasteiger partial charge on any atom is 0.237 e. The Hall–Kier alpha value is -3.00. The van der Waals surface area contributed by atoms with Gasteiger partial charge in [-0.15, -0.1) is 10.2 Å². The van der Waals surface area contributed by atoms with Crippen LogP contribution in [0, 0.1) is 0 Å². The summed E-state index contributed by atoms with van der Waals surface area (Å²) in [7, 11) is 3.15. The molecule has 1 amide bonds. The van der Waals surface area contributed by atoms with E-state index in [1.807, 2.05) is 18.4 Å². The molecule has 0 radical (unpaired) electrons. The Labute approximate surface area is 199 Å². The van der Waals surface area contributed by atoms with Gasteiger partial charge in [0.15, 0.2) is 11.0 Å². The van der Waals surface area contributed by atoms with Gasteiger partial charge in [-0.2, -0.15) is 0 Å². The number of rotatable bonds is 8. The topological polar surface area (TPSA) is 78.3 Å². The van der Waals surface area contributed by atoms with Gasteiger partial charge in [-0.25, -0.2) is 0 Å². The molecular weight excluding hydrogens is 436 g/mol. The molecule has 0 fully saturated rings. The zero-order chi connectivity index (χ0) is 24.2. The molecule has 33 heavy (non-hydrogen) atoms. The molecule has 0 saturated heterocycles. The average molecular weight is 469 g/mol. The number of amides is 1. The average Bonchev–Trinajstić information content (AvgIpc) is 3.20. The highest BCUT2D eigenvalue weighted by atomic mass is 32.2. The van der Waals surface area contributed by atoms with E-state index in [2.05, 4.69) is 60.6 Å². The number of carbonyl (C=O) groups excluding carboxylic acids is 1. The first-order chi connectivity index (χ1) is 15.7. The fourth-order valence-electron chi connectivity index (χ4n) is 3.33. The third-order valence-electron chi connectivity index (χ3n) is 5.31. The first kappa shape index (κ1) is 24.6. The number of benzene rings is 2.